The lowest BCUT2D eigenvalue weighted by Crippen LogP contribution is -2.29. The number of carbonyl (C=O) groups is 1. The molecule has 2 aromatic carbocycles. The van der Waals surface area contributed by atoms with E-state index in [1.807, 2.05) is 0 Å². The topological polar surface area (TPSA) is 79.2 Å². The summed E-state index contributed by atoms with van der Waals surface area (Å²) >= 11 is 0. The van der Waals surface area contributed by atoms with E-state index in [2.05, 4.69) is 4.90 Å². The molecule has 1 fully saturated rings. The Labute approximate surface area is 171 Å². The summed E-state index contributed by atoms with van der Waals surface area (Å²) in [6, 6.07) is 8.21. The first-order valence-electron chi connectivity index (χ1n) is 9.73. The Balaban J connectivity index is 1.77. The highest BCUT2D eigenvalue weighted by molar-refractivity contribution is 6.07. The molecule has 0 radical (unpaired) electrons. The van der Waals surface area contributed by atoms with Crippen LogP contribution >= 0.6 is 0 Å². The predicted molar refractivity (Wildman–Crippen MR) is 112 cm³/mol. The first kappa shape index (κ1) is 20.7. The number of phenols is 2. The second-order valence-corrected chi connectivity index (χ2v) is 7.15. The molecule has 1 saturated heterocycles. The van der Waals surface area contributed by atoms with E-state index in [1.165, 1.54) is 39.6 Å². The number of benzene rings is 2. The van der Waals surface area contributed by atoms with Gasteiger partial charge in [0, 0.05) is 17.7 Å². The third kappa shape index (κ3) is 5.09. The van der Waals surface area contributed by atoms with Gasteiger partial charge < -0.3 is 19.7 Å². The molecule has 1 aliphatic heterocycles. The number of piperidine rings is 1. The standard InChI is InChI=1S/C23H27NO5/c1-28-21-12-16(13-22(29-2)23(21)27)6-8-19(25)17-7-9-20(26)18(14-17)15-24-10-4-3-5-11-24/h6-9,12-14,26-27H,3-5,10-11,15H2,1-2H3/b8-6+. The maximum Gasteiger partial charge on any atom is 0.200 e. The first-order valence-corrected chi connectivity index (χ1v) is 9.73. The lowest BCUT2D eigenvalue weighted by molar-refractivity contribution is 0.104. The van der Waals surface area contributed by atoms with Crippen molar-refractivity contribution in [1.82, 2.24) is 4.90 Å². The third-order valence-electron chi connectivity index (χ3n) is 5.14. The smallest absolute Gasteiger partial charge is 0.200 e. The van der Waals surface area contributed by atoms with Gasteiger partial charge in [0.1, 0.15) is 5.75 Å². The van der Waals surface area contributed by atoms with Crippen LogP contribution in [-0.4, -0.2) is 48.2 Å². The summed E-state index contributed by atoms with van der Waals surface area (Å²) in [5.41, 5.74) is 1.94. The lowest BCUT2D eigenvalue weighted by Gasteiger charge is -2.26. The molecule has 1 aliphatic rings. The summed E-state index contributed by atoms with van der Waals surface area (Å²) in [6.45, 7) is 2.67. The highest BCUT2D eigenvalue weighted by atomic mass is 16.5. The number of carbonyl (C=O) groups excluding carboxylic acids is 1. The zero-order chi connectivity index (χ0) is 20.8. The van der Waals surface area contributed by atoms with Gasteiger partial charge >= 0.3 is 0 Å². The van der Waals surface area contributed by atoms with E-state index in [9.17, 15) is 15.0 Å². The number of nitrogens with zero attached hydrogens (tertiary/aromatic N) is 1. The van der Waals surface area contributed by atoms with Crippen molar-refractivity contribution in [3.63, 3.8) is 0 Å². The van der Waals surface area contributed by atoms with Crippen LogP contribution in [0.5, 0.6) is 23.0 Å². The average Bonchev–Trinajstić information content (AvgIpc) is 2.75. The molecule has 6 nitrogen and oxygen atoms in total. The summed E-state index contributed by atoms with van der Waals surface area (Å²) < 4.78 is 10.3. The van der Waals surface area contributed by atoms with Crippen LogP contribution in [0.4, 0.5) is 0 Å². The number of hydrogen-bond donors (Lipinski definition) is 2. The van der Waals surface area contributed by atoms with E-state index in [-0.39, 0.29) is 28.8 Å². The molecule has 0 aromatic heterocycles. The Kier molecular flexibility index (Phi) is 6.77. The molecule has 0 saturated carbocycles. The minimum absolute atomic E-state index is 0.0839. The molecule has 6 heteroatoms. The van der Waals surface area contributed by atoms with Crippen LogP contribution in [0.15, 0.2) is 36.4 Å². The zero-order valence-electron chi connectivity index (χ0n) is 16.9. The van der Waals surface area contributed by atoms with Gasteiger partial charge in [-0.25, -0.2) is 0 Å². The highest BCUT2D eigenvalue weighted by Crippen LogP contribution is 2.37. The average molecular weight is 397 g/mol. The van der Waals surface area contributed by atoms with Crippen LogP contribution in [0, 0.1) is 0 Å². The van der Waals surface area contributed by atoms with Gasteiger partial charge in [-0.3, -0.25) is 9.69 Å². The third-order valence-corrected chi connectivity index (χ3v) is 5.14. The maximum atomic E-state index is 12.7. The van der Waals surface area contributed by atoms with Gasteiger partial charge in [-0.15, -0.1) is 0 Å². The van der Waals surface area contributed by atoms with E-state index in [1.54, 1.807) is 36.4 Å². The molecule has 0 atom stereocenters. The molecule has 0 unspecified atom stereocenters. The van der Waals surface area contributed by atoms with Gasteiger partial charge in [-0.05, 0) is 67.9 Å². The Morgan fingerprint density at radius 3 is 2.31 bits per heavy atom. The van der Waals surface area contributed by atoms with Crippen molar-refractivity contribution < 1.29 is 24.5 Å². The van der Waals surface area contributed by atoms with Crippen molar-refractivity contribution in [3.05, 3.63) is 53.1 Å². The van der Waals surface area contributed by atoms with E-state index in [4.69, 9.17) is 9.47 Å². The van der Waals surface area contributed by atoms with Crippen LogP contribution < -0.4 is 9.47 Å². The van der Waals surface area contributed by atoms with Gasteiger partial charge in [0.2, 0.25) is 5.75 Å². The zero-order valence-corrected chi connectivity index (χ0v) is 16.9. The number of ether oxygens (including phenoxy) is 2. The quantitative estimate of drug-likeness (QED) is 0.543. The molecule has 2 N–H and O–H groups in total. The summed E-state index contributed by atoms with van der Waals surface area (Å²) in [4.78, 5) is 15.0. The van der Waals surface area contributed by atoms with E-state index in [0.717, 1.165) is 18.7 Å². The van der Waals surface area contributed by atoms with E-state index >= 15 is 0 Å². The molecule has 0 bridgehead atoms. The van der Waals surface area contributed by atoms with Gasteiger partial charge in [0.15, 0.2) is 17.3 Å². The Morgan fingerprint density at radius 2 is 1.69 bits per heavy atom. The van der Waals surface area contributed by atoms with Crippen LogP contribution in [0.3, 0.4) is 0 Å². The Bertz CT molecular complexity index is 875. The first-order chi connectivity index (χ1) is 14.0. The Morgan fingerprint density at radius 1 is 1.03 bits per heavy atom. The van der Waals surface area contributed by atoms with Crippen molar-refractivity contribution in [3.8, 4) is 23.0 Å². The van der Waals surface area contributed by atoms with Crippen LogP contribution in [-0.2, 0) is 6.54 Å². The minimum atomic E-state index is -0.170. The largest absolute Gasteiger partial charge is 0.508 e. The van der Waals surface area contributed by atoms with Crippen molar-refractivity contribution >= 4 is 11.9 Å². The number of allylic oxidation sites excluding steroid dienone is 1. The number of likely N-dealkylation sites (tertiary alicyclic amines) is 1. The summed E-state index contributed by atoms with van der Waals surface area (Å²) in [6.07, 6.45) is 6.69. The van der Waals surface area contributed by atoms with Crippen molar-refractivity contribution in [2.24, 2.45) is 0 Å². The second-order valence-electron chi connectivity index (χ2n) is 7.15. The van der Waals surface area contributed by atoms with Gasteiger partial charge in [-0.1, -0.05) is 12.5 Å². The van der Waals surface area contributed by atoms with E-state index < -0.39 is 0 Å². The van der Waals surface area contributed by atoms with Gasteiger partial charge in [0.25, 0.3) is 0 Å². The van der Waals surface area contributed by atoms with Crippen LogP contribution in [0.1, 0.15) is 40.7 Å². The highest BCUT2D eigenvalue weighted by Gasteiger charge is 2.14. The fourth-order valence-corrected chi connectivity index (χ4v) is 3.50. The fraction of sp³-hybridized carbons (Fsp3) is 0.348. The summed E-state index contributed by atoms with van der Waals surface area (Å²) in [7, 11) is 2.90. The maximum absolute atomic E-state index is 12.7. The van der Waals surface area contributed by atoms with Gasteiger partial charge in [-0.2, -0.15) is 0 Å². The van der Waals surface area contributed by atoms with Crippen LogP contribution in [0.25, 0.3) is 6.08 Å². The molecule has 154 valence electrons. The lowest BCUT2D eigenvalue weighted by atomic mass is 10.0. The number of hydrogen-bond acceptors (Lipinski definition) is 6. The van der Waals surface area contributed by atoms with Crippen molar-refractivity contribution in [2.75, 3.05) is 27.3 Å². The SMILES string of the molecule is COc1cc(/C=C/C(=O)c2ccc(O)c(CN3CCCCC3)c2)cc(OC)c1O. The monoisotopic (exact) mass is 397 g/mol. The molecule has 0 amide bonds. The number of ketones is 1. The molecule has 29 heavy (non-hydrogen) atoms. The van der Waals surface area contributed by atoms with Crippen molar-refractivity contribution in [1.29, 1.82) is 0 Å². The van der Waals surface area contributed by atoms with Crippen molar-refractivity contribution in [2.45, 2.75) is 25.8 Å². The molecular weight excluding hydrogens is 370 g/mol. The summed E-state index contributed by atoms with van der Waals surface area (Å²) in [5, 5.41) is 20.2. The number of methoxy groups -OCH3 is 2. The number of rotatable bonds is 7. The molecule has 3 rings (SSSR count). The fourth-order valence-electron chi connectivity index (χ4n) is 3.50. The molecular formula is C23H27NO5. The number of phenolic OH excluding ortho intramolecular Hbond substituents is 2. The van der Waals surface area contributed by atoms with E-state index in [0.29, 0.717) is 17.7 Å². The second kappa shape index (κ2) is 9.47. The molecule has 0 spiro atoms. The van der Waals surface area contributed by atoms with Gasteiger partial charge in [0.05, 0.1) is 14.2 Å². The number of aromatic hydroxyl groups is 2. The predicted octanol–water partition coefficient (Wildman–Crippen LogP) is 4.00. The molecule has 0 aliphatic carbocycles. The Hall–Kier alpha value is -2.99. The normalized spacial score (nSPS) is 14.8. The molecule has 2 aromatic rings. The minimum Gasteiger partial charge on any atom is -0.508 e. The summed E-state index contributed by atoms with van der Waals surface area (Å²) in [5.74, 6) is 0.495. The van der Waals surface area contributed by atoms with Crippen LogP contribution in [0.2, 0.25) is 0 Å². The molecule has 1 heterocycles.